The molecule has 1 aliphatic carbocycles. The number of fused-ring (bicyclic) bond motifs is 1. The largest absolute Gasteiger partial charge is 0.453 e. The minimum atomic E-state index is -0.974. The van der Waals surface area contributed by atoms with Gasteiger partial charge in [0.2, 0.25) is 0 Å². The van der Waals surface area contributed by atoms with Gasteiger partial charge in [0.15, 0.2) is 5.60 Å². The molecule has 0 aromatic heterocycles. The summed E-state index contributed by atoms with van der Waals surface area (Å²) in [5.74, 6) is 6.07. The molecule has 4 atom stereocenters. The highest BCUT2D eigenvalue weighted by Crippen LogP contribution is 2.45. The Morgan fingerprint density at radius 1 is 1.31 bits per heavy atom. The first-order valence-corrected chi connectivity index (χ1v) is 11.5. The predicted molar refractivity (Wildman–Crippen MR) is 123 cm³/mol. The number of esters is 1. The Labute approximate surface area is 190 Å². The second-order valence-corrected chi connectivity index (χ2v) is 8.84. The molecule has 1 heterocycles. The van der Waals surface area contributed by atoms with Gasteiger partial charge in [0.1, 0.15) is 6.04 Å². The summed E-state index contributed by atoms with van der Waals surface area (Å²) in [4.78, 5) is 27.0. The van der Waals surface area contributed by atoms with Crippen molar-refractivity contribution in [1.82, 2.24) is 4.90 Å². The van der Waals surface area contributed by atoms with E-state index in [0.717, 1.165) is 36.8 Å². The normalized spacial score (nSPS) is 25.3. The van der Waals surface area contributed by atoms with E-state index in [0.29, 0.717) is 32.4 Å². The average Bonchev–Trinajstić information content (AvgIpc) is 3.23. The van der Waals surface area contributed by atoms with Crippen LogP contribution in [0, 0.1) is 24.7 Å². The molecule has 32 heavy (non-hydrogen) atoms. The number of rotatable bonds is 6. The summed E-state index contributed by atoms with van der Waals surface area (Å²) in [6.45, 7) is 3.15. The molecular formula is C25H35N3O4. The predicted octanol–water partition coefficient (Wildman–Crippen LogP) is 2.73. The van der Waals surface area contributed by atoms with E-state index in [9.17, 15) is 9.59 Å². The summed E-state index contributed by atoms with van der Waals surface area (Å²) < 4.78 is 11.1. The number of amides is 1. The van der Waals surface area contributed by atoms with E-state index >= 15 is 0 Å². The summed E-state index contributed by atoms with van der Waals surface area (Å²) in [6.07, 6.45) is 4.75. The maximum Gasteiger partial charge on any atom is 0.409 e. The Kier molecular flexibility index (Phi) is 8.16. The van der Waals surface area contributed by atoms with Crippen molar-refractivity contribution in [3.63, 3.8) is 0 Å². The van der Waals surface area contributed by atoms with Crippen molar-refractivity contribution in [3.05, 3.63) is 35.4 Å². The first kappa shape index (κ1) is 24.1. The van der Waals surface area contributed by atoms with Gasteiger partial charge in [0, 0.05) is 24.1 Å². The number of ether oxygens (including phenoxy) is 2. The van der Waals surface area contributed by atoms with Gasteiger partial charge in [-0.25, -0.2) is 4.79 Å². The fourth-order valence-electron chi connectivity index (χ4n) is 4.95. The summed E-state index contributed by atoms with van der Waals surface area (Å²) in [6, 6.07) is 7.16. The zero-order chi connectivity index (χ0) is 23.1. The Bertz CT molecular complexity index is 877. The molecular weight excluding hydrogens is 406 g/mol. The van der Waals surface area contributed by atoms with Crippen LogP contribution in [0.5, 0.6) is 0 Å². The van der Waals surface area contributed by atoms with E-state index in [1.165, 1.54) is 7.11 Å². The number of unbranched alkanes of at least 4 members (excludes halogenated alkanes) is 1. The SMILES string of the molecule is COC(=O)N1CC[C@@H]2[C@H]1CCC[C@]2(C#Cc1cccc(C)c1)OC(=O)[C@@H](N)CCCCN. The van der Waals surface area contributed by atoms with Crippen molar-refractivity contribution in [3.8, 4) is 11.8 Å². The second-order valence-electron chi connectivity index (χ2n) is 8.84. The molecule has 1 aromatic rings. The first-order valence-electron chi connectivity index (χ1n) is 11.5. The minimum absolute atomic E-state index is 0.0655. The Hall–Kier alpha value is -2.56. The van der Waals surface area contributed by atoms with Gasteiger partial charge in [-0.1, -0.05) is 24.5 Å². The van der Waals surface area contributed by atoms with Gasteiger partial charge >= 0.3 is 12.1 Å². The lowest BCUT2D eigenvalue weighted by atomic mass is 9.72. The quantitative estimate of drug-likeness (QED) is 0.399. The number of carbonyl (C=O) groups excluding carboxylic acids is 2. The van der Waals surface area contributed by atoms with Gasteiger partial charge in [-0.2, -0.15) is 0 Å². The van der Waals surface area contributed by atoms with Crippen LogP contribution in [0.1, 0.15) is 56.1 Å². The third-order valence-corrected chi connectivity index (χ3v) is 6.59. The lowest BCUT2D eigenvalue weighted by molar-refractivity contribution is -0.164. The Morgan fingerprint density at radius 2 is 2.12 bits per heavy atom. The lowest BCUT2D eigenvalue weighted by Gasteiger charge is -2.42. The molecule has 2 fully saturated rings. The number of hydrogen-bond donors (Lipinski definition) is 2. The molecule has 0 unspecified atom stereocenters. The summed E-state index contributed by atoms with van der Waals surface area (Å²) in [5, 5.41) is 0. The molecule has 0 bridgehead atoms. The molecule has 4 N–H and O–H groups in total. The fourth-order valence-corrected chi connectivity index (χ4v) is 4.95. The molecule has 1 aliphatic heterocycles. The molecule has 1 saturated heterocycles. The van der Waals surface area contributed by atoms with Crippen molar-refractivity contribution >= 4 is 12.1 Å². The maximum absolute atomic E-state index is 13.0. The third-order valence-electron chi connectivity index (χ3n) is 6.59. The third kappa shape index (κ3) is 5.43. The fraction of sp³-hybridized carbons (Fsp3) is 0.600. The molecule has 0 spiro atoms. The number of hydrogen-bond acceptors (Lipinski definition) is 6. The number of methoxy groups -OCH3 is 1. The van der Waals surface area contributed by atoms with Crippen LogP contribution in [0.3, 0.4) is 0 Å². The molecule has 7 heteroatoms. The van der Waals surface area contributed by atoms with Gasteiger partial charge < -0.3 is 25.8 Å². The van der Waals surface area contributed by atoms with Gasteiger partial charge in [0.25, 0.3) is 0 Å². The van der Waals surface area contributed by atoms with E-state index in [1.54, 1.807) is 4.90 Å². The molecule has 3 rings (SSSR count). The lowest BCUT2D eigenvalue weighted by Crippen LogP contribution is -2.53. The van der Waals surface area contributed by atoms with Crippen LogP contribution >= 0.6 is 0 Å². The molecule has 174 valence electrons. The van der Waals surface area contributed by atoms with E-state index in [4.69, 9.17) is 20.9 Å². The van der Waals surface area contributed by atoms with Crippen LogP contribution in [0.4, 0.5) is 4.79 Å². The number of benzene rings is 1. The minimum Gasteiger partial charge on any atom is -0.453 e. The Morgan fingerprint density at radius 3 is 2.84 bits per heavy atom. The highest BCUT2D eigenvalue weighted by Gasteiger charge is 2.54. The van der Waals surface area contributed by atoms with Crippen LogP contribution in [0.15, 0.2) is 24.3 Å². The number of carbonyl (C=O) groups is 2. The number of nitrogens with two attached hydrogens (primary N) is 2. The molecule has 7 nitrogen and oxygen atoms in total. The topological polar surface area (TPSA) is 108 Å². The zero-order valence-electron chi connectivity index (χ0n) is 19.1. The van der Waals surface area contributed by atoms with Crippen LogP contribution in [-0.2, 0) is 14.3 Å². The van der Waals surface area contributed by atoms with Crippen LogP contribution < -0.4 is 11.5 Å². The van der Waals surface area contributed by atoms with Crippen LogP contribution in [0.25, 0.3) is 0 Å². The van der Waals surface area contributed by atoms with Crippen molar-refractivity contribution in [1.29, 1.82) is 0 Å². The molecule has 1 aromatic carbocycles. The van der Waals surface area contributed by atoms with Crippen LogP contribution in [-0.4, -0.2) is 54.8 Å². The summed E-state index contributed by atoms with van der Waals surface area (Å²) in [7, 11) is 1.39. The Balaban J connectivity index is 1.89. The van der Waals surface area contributed by atoms with Gasteiger partial charge in [-0.05, 0) is 75.6 Å². The zero-order valence-corrected chi connectivity index (χ0v) is 19.1. The number of nitrogens with zero attached hydrogens (tertiary/aromatic N) is 1. The maximum atomic E-state index is 13.0. The van der Waals surface area contributed by atoms with Crippen molar-refractivity contribution in [2.45, 2.75) is 69.6 Å². The summed E-state index contributed by atoms with van der Waals surface area (Å²) >= 11 is 0. The monoisotopic (exact) mass is 441 g/mol. The van der Waals surface area contributed by atoms with E-state index in [1.807, 2.05) is 31.2 Å². The van der Waals surface area contributed by atoms with Crippen molar-refractivity contribution in [2.24, 2.45) is 17.4 Å². The molecule has 1 saturated carbocycles. The number of likely N-dealkylation sites (tertiary alicyclic amines) is 1. The summed E-state index contributed by atoms with van der Waals surface area (Å²) in [5.41, 5.74) is 12.7. The smallest absolute Gasteiger partial charge is 0.409 e. The van der Waals surface area contributed by atoms with Gasteiger partial charge in [-0.15, -0.1) is 0 Å². The molecule has 1 amide bonds. The molecule has 2 aliphatic rings. The highest BCUT2D eigenvalue weighted by atomic mass is 16.6. The number of aryl methyl sites for hydroxylation is 1. The van der Waals surface area contributed by atoms with Crippen molar-refractivity contribution in [2.75, 3.05) is 20.2 Å². The van der Waals surface area contributed by atoms with E-state index in [-0.39, 0.29) is 18.1 Å². The average molecular weight is 442 g/mol. The van der Waals surface area contributed by atoms with Gasteiger partial charge in [0.05, 0.1) is 7.11 Å². The standard InChI is InChI=1S/C25H35N3O4/c1-18-7-5-8-19(17-18)11-14-25(32-23(29)21(27)9-3-4-15-26)13-6-10-22-20(25)12-16-28(22)24(30)31-2/h5,7-8,17,20-22H,3-4,6,9-10,12-13,15-16,26-27H2,1-2H3/t20-,21+,22-,25-/m1/s1. The molecule has 0 radical (unpaired) electrons. The van der Waals surface area contributed by atoms with E-state index in [2.05, 4.69) is 11.8 Å². The van der Waals surface area contributed by atoms with Crippen molar-refractivity contribution < 1.29 is 19.1 Å². The van der Waals surface area contributed by atoms with Crippen LogP contribution in [0.2, 0.25) is 0 Å². The van der Waals surface area contributed by atoms with Gasteiger partial charge in [-0.3, -0.25) is 4.79 Å². The first-order chi connectivity index (χ1) is 15.4. The highest BCUT2D eigenvalue weighted by molar-refractivity contribution is 5.76. The van der Waals surface area contributed by atoms with E-state index < -0.39 is 17.6 Å². The second kappa shape index (κ2) is 10.8.